The number of allylic oxidation sites excluding steroid dienone is 16. The molecule has 0 heterocycles. The molecule has 0 bridgehead atoms. The maximum absolute atomic E-state index is 12.1. The van der Waals surface area contributed by atoms with Crippen LogP contribution < -0.4 is 0 Å². The predicted octanol–water partition coefficient (Wildman–Crippen LogP) is 12.2. The van der Waals surface area contributed by atoms with Gasteiger partial charge >= 0.3 is 5.97 Å². The summed E-state index contributed by atoms with van der Waals surface area (Å²) in [6, 6.07) is 0. The molecule has 0 aliphatic rings. The minimum atomic E-state index is -0.568. The molecule has 1 N–H and O–H groups in total. The molecule has 4 nitrogen and oxygen atoms in total. The zero-order valence-corrected chi connectivity index (χ0v) is 30.3. The van der Waals surface area contributed by atoms with E-state index in [9.17, 15) is 9.90 Å². The highest BCUT2D eigenvalue weighted by Crippen LogP contribution is 2.09. The Hall–Kier alpha value is -2.69. The Morgan fingerprint density at radius 1 is 0.532 bits per heavy atom. The van der Waals surface area contributed by atoms with Crippen LogP contribution in [0.5, 0.6) is 0 Å². The van der Waals surface area contributed by atoms with Crippen molar-refractivity contribution in [3.8, 4) is 0 Å². The molecule has 1 unspecified atom stereocenters. The summed E-state index contributed by atoms with van der Waals surface area (Å²) < 4.78 is 11.1. The first-order valence-electron chi connectivity index (χ1n) is 18.8. The average molecular weight is 651 g/mol. The molecule has 0 aliphatic carbocycles. The number of carbonyl (C=O) groups excluding carboxylic acids is 1. The van der Waals surface area contributed by atoms with Gasteiger partial charge in [-0.25, -0.2) is 0 Å². The number of ether oxygens (including phenoxy) is 2. The number of aliphatic hydroxyl groups is 1. The van der Waals surface area contributed by atoms with Gasteiger partial charge in [-0.2, -0.15) is 0 Å². The van der Waals surface area contributed by atoms with Crippen LogP contribution >= 0.6 is 0 Å². The molecule has 4 heteroatoms. The molecule has 0 fully saturated rings. The molecule has 0 aromatic rings. The van der Waals surface area contributed by atoms with Crippen LogP contribution in [0.25, 0.3) is 0 Å². The second-order valence-corrected chi connectivity index (χ2v) is 11.9. The van der Waals surface area contributed by atoms with Crippen LogP contribution in [0.4, 0.5) is 0 Å². The van der Waals surface area contributed by atoms with Gasteiger partial charge in [-0.3, -0.25) is 4.79 Å². The Kier molecular flexibility index (Phi) is 37.2. The fraction of sp³-hybridized carbons (Fsp3) is 0.605. The summed E-state index contributed by atoms with van der Waals surface area (Å²) in [6.45, 7) is 5.07. The third-order valence-corrected chi connectivity index (χ3v) is 7.37. The number of hydrogen-bond acceptors (Lipinski definition) is 4. The molecule has 1 atom stereocenters. The van der Waals surface area contributed by atoms with E-state index in [4.69, 9.17) is 9.47 Å². The van der Waals surface area contributed by atoms with E-state index in [1.807, 2.05) is 0 Å². The molecule has 0 amide bonds. The smallest absolute Gasteiger partial charge is 0.306 e. The second kappa shape index (κ2) is 39.5. The quantitative estimate of drug-likeness (QED) is 0.0436. The Morgan fingerprint density at radius 3 is 1.45 bits per heavy atom. The Balaban J connectivity index is 3.63. The molecule has 0 aliphatic heterocycles. The Labute approximate surface area is 290 Å². The van der Waals surface area contributed by atoms with Crippen LogP contribution in [-0.4, -0.2) is 37.0 Å². The standard InChI is InChI=1S/C43H70O4/c1-3-5-7-9-11-13-15-17-19-20-21-22-23-24-25-26-28-30-32-34-36-38-43(45)47-42(40-44)41-46-39-37-35-33-31-29-27-18-16-14-12-10-8-6-4-2/h5,7-8,10-11,13-14,16-17,19,21-22,24-25,28,30,42,44H,3-4,6,9,12,15,18,20,23,26-27,29,31-41H2,1-2H3/b7-5-,10-8-,13-11-,16-14-,19-17-,22-21-,25-24-,30-28-. The van der Waals surface area contributed by atoms with Gasteiger partial charge in [0.15, 0.2) is 0 Å². The van der Waals surface area contributed by atoms with Crippen LogP contribution in [0.3, 0.4) is 0 Å². The van der Waals surface area contributed by atoms with Gasteiger partial charge in [0, 0.05) is 13.0 Å². The van der Waals surface area contributed by atoms with Gasteiger partial charge in [0.25, 0.3) is 0 Å². The van der Waals surface area contributed by atoms with Crippen LogP contribution in [-0.2, 0) is 14.3 Å². The number of carbonyl (C=O) groups is 1. The summed E-state index contributed by atoms with van der Waals surface area (Å²) in [5.41, 5.74) is 0. The van der Waals surface area contributed by atoms with Crippen molar-refractivity contribution < 1.29 is 19.4 Å². The Morgan fingerprint density at radius 2 is 0.957 bits per heavy atom. The SMILES string of the molecule is CC/C=C\C/C=C\C/C=C\C/C=C\C/C=C\C/C=C\CCCCC(=O)OC(CO)COCCCCCCCC/C=C\C/C=C\CCC. The van der Waals surface area contributed by atoms with Crippen LogP contribution in [0.2, 0.25) is 0 Å². The summed E-state index contributed by atoms with van der Waals surface area (Å²) in [4.78, 5) is 12.1. The molecular formula is C43H70O4. The molecule has 0 saturated heterocycles. The van der Waals surface area contributed by atoms with Crippen molar-refractivity contribution in [2.75, 3.05) is 19.8 Å². The summed E-state index contributed by atoms with van der Waals surface area (Å²) in [7, 11) is 0. The number of aliphatic hydroxyl groups excluding tert-OH is 1. The fourth-order valence-corrected chi connectivity index (χ4v) is 4.60. The zero-order chi connectivity index (χ0) is 34.1. The van der Waals surface area contributed by atoms with Gasteiger partial charge in [0.05, 0.1) is 13.2 Å². The van der Waals surface area contributed by atoms with Crippen molar-refractivity contribution in [1.82, 2.24) is 0 Å². The van der Waals surface area contributed by atoms with Gasteiger partial charge < -0.3 is 14.6 Å². The summed E-state index contributed by atoms with van der Waals surface area (Å²) in [6.07, 6.45) is 55.9. The maximum atomic E-state index is 12.1. The Bertz CT molecular complexity index is 903. The van der Waals surface area contributed by atoms with E-state index in [1.54, 1.807) is 0 Å². The zero-order valence-electron chi connectivity index (χ0n) is 30.3. The third-order valence-electron chi connectivity index (χ3n) is 7.37. The fourth-order valence-electron chi connectivity index (χ4n) is 4.60. The molecular weight excluding hydrogens is 580 g/mol. The van der Waals surface area contributed by atoms with Crippen molar-refractivity contribution in [1.29, 1.82) is 0 Å². The first-order chi connectivity index (χ1) is 23.2. The number of hydrogen-bond donors (Lipinski definition) is 1. The highest BCUT2D eigenvalue weighted by molar-refractivity contribution is 5.69. The lowest BCUT2D eigenvalue weighted by molar-refractivity contribution is -0.154. The minimum absolute atomic E-state index is 0.201. The molecule has 0 saturated carbocycles. The number of esters is 1. The molecule has 47 heavy (non-hydrogen) atoms. The molecule has 0 rings (SSSR count). The van der Waals surface area contributed by atoms with E-state index in [-0.39, 0.29) is 19.2 Å². The third kappa shape index (κ3) is 37.6. The lowest BCUT2D eigenvalue weighted by Crippen LogP contribution is -2.27. The topological polar surface area (TPSA) is 55.8 Å². The van der Waals surface area contributed by atoms with Crippen LogP contribution in [0.1, 0.15) is 142 Å². The van der Waals surface area contributed by atoms with Crippen molar-refractivity contribution in [2.45, 2.75) is 148 Å². The highest BCUT2D eigenvalue weighted by Gasteiger charge is 2.13. The minimum Gasteiger partial charge on any atom is -0.457 e. The summed E-state index contributed by atoms with van der Waals surface area (Å²) in [5, 5.41) is 9.56. The normalized spacial score (nSPS) is 13.5. The van der Waals surface area contributed by atoms with Gasteiger partial charge in [0.2, 0.25) is 0 Å². The van der Waals surface area contributed by atoms with Crippen molar-refractivity contribution in [3.05, 3.63) is 97.2 Å². The molecule has 0 aromatic carbocycles. The van der Waals surface area contributed by atoms with Crippen LogP contribution in [0, 0.1) is 0 Å². The predicted molar refractivity (Wildman–Crippen MR) is 205 cm³/mol. The number of rotatable bonds is 33. The summed E-state index contributed by atoms with van der Waals surface area (Å²) in [5.74, 6) is -0.252. The maximum Gasteiger partial charge on any atom is 0.306 e. The van der Waals surface area contributed by atoms with Crippen molar-refractivity contribution in [3.63, 3.8) is 0 Å². The lowest BCUT2D eigenvalue weighted by Gasteiger charge is -2.15. The van der Waals surface area contributed by atoms with E-state index >= 15 is 0 Å². The van der Waals surface area contributed by atoms with Crippen molar-refractivity contribution >= 4 is 5.97 Å². The lowest BCUT2D eigenvalue weighted by atomic mass is 10.1. The van der Waals surface area contributed by atoms with E-state index in [0.29, 0.717) is 13.0 Å². The van der Waals surface area contributed by atoms with Crippen LogP contribution in [0.15, 0.2) is 97.2 Å². The monoisotopic (exact) mass is 651 g/mol. The first kappa shape index (κ1) is 44.3. The highest BCUT2D eigenvalue weighted by atomic mass is 16.6. The van der Waals surface area contributed by atoms with Gasteiger partial charge in [-0.15, -0.1) is 0 Å². The van der Waals surface area contributed by atoms with Gasteiger partial charge in [-0.05, 0) is 89.9 Å². The first-order valence-corrected chi connectivity index (χ1v) is 18.8. The van der Waals surface area contributed by atoms with E-state index in [1.165, 1.54) is 44.9 Å². The second-order valence-electron chi connectivity index (χ2n) is 11.9. The largest absolute Gasteiger partial charge is 0.457 e. The van der Waals surface area contributed by atoms with Gasteiger partial charge in [-0.1, -0.05) is 143 Å². The van der Waals surface area contributed by atoms with E-state index in [2.05, 4.69) is 111 Å². The average Bonchev–Trinajstić information content (AvgIpc) is 3.08. The van der Waals surface area contributed by atoms with Gasteiger partial charge in [0.1, 0.15) is 6.10 Å². The molecule has 0 radical (unpaired) electrons. The van der Waals surface area contributed by atoms with E-state index < -0.39 is 6.10 Å². The summed E-state index contributed by atoms with van der Waals surface area (Å²) >= 11 is 0. The molecule has 266 valence electrons. The molecule has 0 spiro atoms. The number of unbranched alkanes of at least 4 members (excludes halogenated alkanes) is 9. The van der Waals surface area contributed by atoms with E-state index in [0.717, 1.165) is 77.0 Å². The molecule has 0 aromatic heterocycles. The van der Waals surface area contributed by atoms with Crippen molar-refractivity contribution in [2.24, 2.45) is 0 Å².